The minimum atomic E-state index is -0.191. The molecule has 0 aliphatic carbocycles. The third kappa shape index (κ3) is 5.20. The lowest BCUT2D eigenvalue weighted by atomic mass is 9.99. The smallest absolute Gasteiger partial charge is 0.242 e. The summed E-state index contributed by atoms with van der Waals surface area (Å²) in [5, 5.41) is 7.67. The first-order chi connectivity index (χ1) is 19.4. The Labute approximate surface area is 247 Å². The molecule has 1 saturated heterocycles. The number of benzene rings is 2. The molecule has 2 aliphatic heterocycles. The van der Waals surface area contributed by atoms with Crippen LogP contribution in [0.15, 0.2) is 66.0 Å². The number of halogens is 1. The highest BCUT2D eigenvalue weighted by molar-refractivity contribution is 8.00. The number of likely N-dealkylation sites (tertiary alicyclic amines) is 1. The number of hydrogen-bond acceptors (Lipinski definition) is 5. The molecule has 0 saturated carbocycles. The number of anilines is 1. The zero-order chi connectivity index (χ0) is 27.8. The molecule has 0 radical (unpaired) electrons. The fraction of sp³-hybridized carbons (Fsp3) is 0.323. The Hall–Kier alpha value is -3.07. The van der Waals surface area contributed by atoms with Crippen LogP contribution in [0.25, 0.3) is 16.3 Å². The van der Waals surface area contributed by atoms with Crippen molar-refractivity contribution in [3.05, 3.63) is 87.8 Å². The highest BCUT2D eigenvalue weighted by Gasteiger charge is 2.39. The van der Waals surface area contributed by atoms with Gasteiger partial charge in [0.25, 0.3) is 0 Å². The molecule has 40 heavy (non-hydrogen) atoms. The molecule has 0 spiro atoms. The first kappa shape index (κ1) is 27.1. The van der Waals surface area contributed by atoms with Crippen molar-refractivity contribution in [2.75, 3.05) is 30.3 Å². The van der Waals surface area contributed by atoms with E-state index in [-0.39, 0.29) is 29.4 Å². The Bertz CT molecular complexity index is 1540. The average molecular weight is 591 g/mol. The van der Waals surface area contributed by atoms with Crippen molar-refractivity contribution in [1.82, 2.24) is 14.7 Å². The fourth-order valence-electron chi connectivity index (χ4n) is 5.51. The second-order valence-electron chi connectivity index (χ2n) is 10.6. The van der Waals surface area contributed by atoms with Crippen LogP contribution in [0.5, 0.6) is 0 Å². The summed E-state index contributed by atoms with van der Waals surface area (Å²) in [7, 11) is 0. The number of aromatic nitrogens is 2. The maximum absolute atomic E-state index is 13.9. The molecular formula is C31H31ClN4O2S2. The van der Waals surface area contributed by atoms with Crippen molar-refractivity contribution >= 4 is 52.3 Å². The number of piperidine rings is 1. The maximum atomic E-state index is 13.9. The van der Waals surface area contributed by atoms with Crippen LogP contribution in [0.3, 0.4) is 0 Å². The number of para-hydroxylation sites is 1. The average Bonchev–Trinajstić information content (AvgIpc) is 3.58. The van der Waals surface area contributed by atoms with Crippen molar-refractivity contribution < 1.29 is 9.59 Å². The van der Waals surface area contributed by atoms with Gasteiger partial charge in [-0.05, 0) is 66.5 Å². The molecule has 6 rings (SSSR count). The molecule has 2 amide bonds. The molecule has 4 heterocycles. The highest BCUT2D eigenvalue weighted by atomic mass is 35.5. The second-order valence-corrected chi connectivity index (χ2v) is 13.0. The Morgan fingerprint density at radius 3 is 2.60 bits per heavy atom. The molecule has 2 aromatic heterocycles. The van der Waals surface area contributed by atoms with Gasteiger partial charge in [-0.1, -0.05) is 54.9 Å². The van der Waals surface area contributed by atoms with E-state index in [9.17, 15) is 9.59 Å². The minimum absolute atomic E-state index is 0.00943. The number of amides is 2. The van der Waals surface area contributed by atoms with Crippen LogP contribution in [-0.2, 0) is 9.59 Å². The lowest BCUT2D eigenvalue weighted by Crippen LogP contribution is -2.46. The molecule has 206 valence electrons. The van der Waals surface area contributed by atoms with Crippen molar-refractivity contribution in [3.63, 3.8) is 0 Å². The molecule has 1 fully saturated rings. The summed E-state index contributed by atoms with van der Waals surface area (Å²) in [6.07, 6.45) is 1.97. The van der Waals surface area contributed by atoms with E-state index in [0.717, 1.165) is 58.9 Å². The van der Waals surface area contributed by atoms with E-state index in [4.69, 9.17) is 16.7 Å². The normalized spacial score (nSPS) is 18.1. The predicted molar refractivity (Wildman–Crippen MR) is 165 cm³/mol. The number of rotatable bonds is 5. The van der Waals surface area contributed by atoms with Crippen molar-refractivity contribution in [1.29, 1.82) is 0 Å². The predicted octanol–water partition coefficient (Wildman–Crippen LogP) is 6.99. The minimum Gasteiger partial charge on any atom is -0.341 e. The van der Waals surface area contributed by atoms with Gasteiger partial charge >= 0.3 is 0 Å². The third-order valence-corrected chi connectivity index (χ3v) is 10.1. The molecule has 9 heteroatoms. The van der Waals surface area contributed by atoms with Crippen LogP contribution in [0.1, 0.15) is 41.7 Å². The van der Waals surface area contributed by atoms with Crippen LogP contribution < -0.4 is 4.90 Å². The molecule has 4 aromatic rings. The molecule has 0 bridgehead atoms. The Balaban J connectivity index is 1.56. The van der Waals surface area contributed by atoms with Gasteiger partial charge in [-0.15, -0.1) is 23.1 Å². The molecule has 0 N–H and O–H groups in total. The summed E-state index contributed by atoms with van der Waals surface area (Å²) in [6.45, 7) is 5.72. The standard InChI is InChI=1S/C31H31ClN4O2S2/c1-20-12-14-34(15-13-20)26(37)18-35-27(38)19-40-30(22-8-5-9-23(32)17-22)28-29(25-11-6-16-39-25)33-36(31(28)35)24-10-4-3-7-21(24)2/h3-11,16-17,20,30H,12-15,18-19H2,1-2H3/t30-/m1/s1. The summed E-state index contributed by atoms with van der Waals surface area (Å²) >= 11 is 9.64. The van der Waals surface area contributed by atoms with Crippen molar-refractivity contribution in [2.45, 2.75) is 31.9 Å². The van der Waals surface area contributed by atoms with E-state index in [1.54, 1.807) is 28.0 Å². The SMILES string of the molecule is Cc1ccccc1-n1nc(-c2cccs2)c2c1N(CC(=O)N1CCC(C)CC1)C(=O)CS[C@@H]2c1cccc(Cl)c1. The number of fused-ring (bicyclic) bond motifs is 1. The van der Waals surface area contributed by atoms with Gasteiger partial charge < -0.3 is 4.90 Å². The summed E-state index contributed by atoms with van der Waals surface area (Å²) in [5.74, 6) is 1.40. The highest BCUT2D eigenvalue weighted by Crippen LogP contribution is 2.49. The van der Waals surface area contributed by atoms with Gasteiger partial charge in [0.05, 0.1) is 21.6 Å². The zero-order valence-electron chi connectivity index (χ0n) is 22.5. The topological polar surface area (TPSA) is 58.4 Å². The van der Waals surface area contributed by atoms with Gasteiger partial charge in [-0.2, -0.15) is 5.10 Å². The summed E-state index contributed by atoms with van der Waals surface area (Å²) in [4.78, 5) is 32.2. The van der Waals surface area contributed by atoms with Gasteiger partial charge in [0.1, 0.15) is 18.1 Å². The van der Waals surface area contributed by atoms with E-state index in [0.29, 0.717) is 16.8 Å². The largest absolute Gasteiger partial charge is 0.341 e. The number of carbonyl (C=O) groups is 2. The molecule has 2 aliphatic rings. The number of hydrogen-bond donors (Lipinski definition) is 0. The Morgan fingerprint density at radius 2 is 1.88 bits per heavy atom. The number of thiophene rings is 1. The second kappa shape index (κ2) is 11.4. The summed E-state index contributed by atoms with van der Waals surface area (Å²) in [6, 6.07) is 19.9. The number of nitrogens with zero attached hydrogens (tertiary/aromatic N) is 4. The van der Waals surface area contributed by atoms with Crippen molar-refractivity contribution in [3.8, 4) is 16.3 Å². The van der Waals surface area contributed by atoms with E-state index in [1.807, 2.05) is 70.4 Å². The van der Waals surface area contributed by atoms with Crippen LogP contribution in [0.4, 0.5) is 5.82 Å². The fourth-order valence-corrected chi connectivity index (χ4v) is 7.62. The van der Waals surface area contributed by atoms with Crippen LogP contribution in [0, 0.1) is 12.8 Å². The van der Waals surface area contributed by atoms with Gasteiger partial charge in [-0.25, -0.2) is 4.68 Å². The van der Waals surface area contributed by atoms with E-state index < -0.39 is 0 Å². The number of carbonyl (C=O) groups excluding carboxylic acids is 2. The number of thioether (sulfide) groups is 1. The quantitative estimate of drug-likeness (QED) is 0.251. The Kier molecular flexibility index (Phi) is 7.75. The van der Waals surface area contributed by atoms with Gasteiger partial charge in [0.2, 0.25) is 11.8 Å². The lowest BCUT2D eigenvalue weighted by molar-refractivity contribution is -0.132. The molecule has 2 aromatic carbocycles. The van der Waals surface area contributed by atoms with Gasteiger partial charge in [-0.3, -0.25) is 14.5 Å². The van der Waals surface area contributed by atoms with Crippen LogP contribution in [0.2, 0.25) is 5.02 Å². The maximum Gasteiger partial charge on any atom is 0.242 e. The number of aryl methyl sites for hydroxylation is 1. The molecule has 6 nitrogen and oxygen atoms in total. The molecule has 0 unspecified atom stereocenters. The van der Waals surface area contributed by atoms with Crippen LogP contribution >= 0.6 is 34.7 Å². The van der Waals surface area contributed by atoms with E-state index in [2.05, 4.69) is 19.1 Å². The molecular weight excluding hydrogens is 560 g/mol. The zero-order valence-corrected chi connectivity index (χ0v) is 24.9. The van der Waals surface area contributed by atoms with Crippen molar-refractivity contribution in [2.24, 2.45) is 5.92 Å². The molecule has 1 atom stereocenters. The summed E-state index contributed by atoms with van der Waals surface area (Å²) in [5.41, 5.74) is 4.68. The lowest BCUT2D eigenvalue weighted by Gasteiger charge is -2.32. The summed E-state index contributed by atoms with van der Waals surface area (Å²) < 4.78 is 1.88. The third-order valence-electron chi connectivity index (χ3n) is 7.77. The van der Waals surface area contributed by atoms with Gasteiger partial charge in [0.15, 0.2) is 0 Å². The Morgan fingerprint density at radius 1 is 1.07 bits per heavy atom. The van der Waals surface area contributed by atoms with E-state index >= 15 is 0 Å². The van der Waals surface area contributed by atoms with E-state index in [1.165, 1.54) is 0 Å². The monoisotopic (exact) mass is 590 g/mol. The van der Waals surface area contributed by atoms with Crippen LogP contribution in [-0.4, -0.2) is 51.9 Å². The van der Waals surface area contributed by atoms with Gasteiger partial charge in [0, 0.05) is 23.7 Å². The first-order valence-electron chi connectivity index (χ1n) is 13.6. The first-order valence-corrected chi connectivity index (χ1v) is 15.9.